The van der Waals surface area contributed by atoms with Crippen LogP contribution >= 0.6 is 11.3 Å². The minimum atomic E-state index is -0.472. The Morgan fingerprint density at radius 3 is 2.53 bits per heavy atom. The van der Waals surface area contributed by atoms with Crippen molar-refractivity contribution in [1.82, 2.24) is 20.4 Å². The minimum absolute atomic E-state index is 0.0751. The summed E-state index contributed by atoms with van der Waals surface area (Å²) in [6, 6.07) is 10.9. The van der Waals surface area contributed by atoms with Crippen molar-refractivity contribution in [2.24, 2.45) is 5.92 Å². The number of ether oxygens (including phenoxy) is 2. The van der Waals surface area contributed by atoms with Crippen molar-refractivity contribution in [3.05, 3.63) is 63.9 Å². The smallest absolute Gasteiger partial charge is 0.286 e. The molecule has 0 radical (unpaired) electrons. The molecule has 2 aliphatic rings. The molecule has 1 atom stereocenters. The molecule has 0 spiro atoms. The fourth-order valence-electron chi connectivity index (χ4n) is 4.43. The molecule has 2 aliphatic heterocycles. The summed E-state index contributed by atoms with van der Waals surface area (Å²) in [5, 5.41) is 13.7. The summed E-state index contributed by atoms with van der Waals surface area (Å²) in [5.41, 5.74) is 1.35. The predicted molar refractivity (Wildman–Crippen MR) is 137 cm³/mol. The van der Waals surface area contributed by atoms with Crippen LogP contribution in [0.3, 0.4) is 0 Å². The lowest BCUT2D eigenvalue weighted by atomic mass is 9.93. The van der Waals surface area contributed by atoms with E-state index in [1.165, 1.54) is 12.1 Å². The molecule has 12 heteroatoms. The molecule has 1 fully saturated rings. The highest BCUT2D eigenvalue weighted by molar-refractivity contribution is 7.15. The van der Waals surface area contributed by atoms with Crippen LogP contribution in [0.1, 0.15) is 57.4 Å². The first kappa shape index (κ1) is 25.6. The molecule has 38 heavy (non-hydrogen) atoms. The van der Waals surface area contributed by atoms with Crippen molar-refractivity contribution in [3.63, 3.8) is 0 Å². The normalized spacial score (nSPS) is 15.7. The topological polar surface area (TPSA) is 123 Å². The Balaban J connectivity index is 1.09. The largest absolute Gasteiger partial charge is 0.454 e. The van der Waals surface area contributed by atoms with Crippen LogP contribution in [0.5, 0.6) is 11.5 Å². The Bertz CT molecular complexity index is 1340. The SMILES string of the molecule is CC(NC(=O)CC1CCN(C(=O)c2nnc(C(=O)Nc3ccc4c(c3)OCO4)s2)CC1)c1ccc(F)cc1. The molecule has 1 saturated heterocycles. The molecule has 0 saturated carbocycles. The number of rotatable bonds is 7. The minimum Gasteiger partial charge on any atom is -0.454 e. The number of benzene rings is 2. The van der Waals surface area contributed by atoms with Gasteiger partial charge in [0, 0.05) is 31.3 Å². The van der Waals surface area contributed by atoms with Gasteiger partial charge in [0.05, 0.1) is 6.04 Å². The highest BCUT2D eigenvalue weighted by Gasteiger charge is 2.28. The number of halogens is 1. The highest BCUT2D eigenvalue weighted by Crippen LogP contribution is 2.34. The number of hydrogen-bond donors (Lipinski definition) is 2. The van der Waals surface area contributed by atoms with Gasteiger partial charge in [-0.2, -0.15) is 0 Å². The maximum Gasteiger partial charge on any atom is 0.286 e. The van der Waals surface area contributed by atoms with Gasteiger partial charge in [-0.3, -0.25) is 14.4 Å². The number of nitrogens with zero attached hydrogens (tertiary/aromatic N) is 3. The number of carbonyl (C=O) groups is 3. The molecule has 10 nitrogen and oxygen atoms in total. The first-order chi connectivity index (χ1) is 18.4. The average molecular weight is 540 g/mol. The van der Waals surface area contributed by atoms with E-state index in [1.807, 2.05) is 6.92 Å². The fraction of sp³-hybridized carbons (Fsp3) is 0.346. The molecule has 3 heterocycles. The number of aromatic nitrogens is 2. The van der Waals surface area contributed by atoms with E-state index >= 15 is 0 Å². The number of fused-ring (bicyclic) bond motifs is 1. The van der Waals surface area contributed by atoms with Gasteiger partial charge in [0.2, 0.25) is 22.7 Å². The number of nitrogens with one attached hydrogen (secondary N) is 2. The maximum atomic E-state index is 13.1. The molecule has 5 rings (SSSR count). The Hall–Kier alpha value is -4.06. The Labute approximate surface area is 222 Å². The molecule has 1 aromatic heterocycles. The maximum absolute atomic E-state index is 13.1. The molecule has 0 bridgehead atoms. The zero-order valence-corrected chi connectivity index (χ0v) is 21.4. The first-order valence-electron chi connectivity index (χ1n) is 12.2. The third kappa shape index (κ3) is 5.91. The van der Waals surface area contributed by atoms with Crippen molar-refractivity contribution in [1.29, 1.82) is 0 Å². The van der Waals surface area contributed by atoms with Crippen LogP contribution in [-0.4, -0.2) is 52.7 Å². The van der Waals surface area contributed by atoms with Gasteiger partial charge in [-0.15, -0.1) is 10.2 Å². The second-order valence-electron chi connectivity index (χ2n) is 9.21. The van der Waals surface area contributed by atoms with Crippen LogP contribution in [0.4, 0.5) is 10.1 Å². The number of anilines is 1. The Kier molecular flexibility index (Phi) is 7.50. The molecular formula is C26H26FN5O5S. The monoisotopic (exact) mass is 539 g/mol. The van der Waals surface area contributed by atoms with Gasteiger partial charge in [0.15, 0.2) is 11.5 Å². The van der Waals surface area contributed by atoms with Gasteiger partial charge in [-0.05, 0) is 55.5 Å². The van der Waals surface area contributed by atoms with Gasteiger partial charge >= 0.3 is 0 Å². The number of piperidine rings is 1. The number of carbonyl (C=O) groups excluding carboxylic acids is 3. The summed E-state index contributed by atoms with van der Waals surface area (Å²) < 4.78 is 23.7. The average Bonchev–Trinajstić information content (AvgIpc) is 3.59. The van der Waals surface area contributed by atoms with Gasteiger partial charge in [-0.1, -0.05) is 23.5 Å². The molecule has 2 aromatic carbocycles. The summed E-state index contributed by atoms with van der Waals surface area (Å²) in [4.78, 5) is 39.7. The molecule has 3 amide bonds. The molecule has 3 aromatic rings. The van der Waals surface area contributed by atoms with E-state index in [1.54, 1.807) is 35.2 Å². The zero-order valence-electron chi connectivity index (χ0n) is 20.6. The van der Waals surface area contributed by atoms with E-state index < -0.39 is 5.91 Å². The van der Waals surface area contributed by atoms with Gasteiger partial charge in [-0.25, -0.2) is 4.39 Å². The zero-order chi connectivity index (χ0) is 26.6. The molecular weight excluding hydrogens is 513 g/mol. The van der Waals surface area contributed by atoms with Crippen LogP contribution in [-0.2, 0) is 4.79 Å². The van der Waals surface area contributed by atoms with E-state index in [-0.39, 0.29) is 46.4 Å². The number of hydrogen-bond acceptors (Lipinski definition) is 8. The second-order valence-corrected chi connectivity index (χ2v) is 10.2. The standard InChI is InChI=1S/C26H26FN5O5S/c1-15(17-2-4-18(27)5-3-17)28-22(33)12-16-8-10-32(11-9-16)26(35)25-31-30-24(38-25)23(34)29-19-6-7-20-21(13-19)37-14-36-20/h2-7,13,15-16H,8-12,14H2,1H3,(H,28,33)(H,29,34). The summed E-state index contributed by atoms with van der Waals surface area (Å²) >= 11 is 0.935. The lowest BCUT2D eigenvalue weighted by molar-refractivity contribution is -0.122. The van der Waals surface area contributed by atoms with Crippen LogP contribution in [0.25, 0.3) is 0 Å². The van der Waals surface area contributed by atoms with Crippen molar-refractivity contribution < 1.29 is 28.2 Å². The second kappa shape index (κ2) is 11.1. The molecule has 198 valence electrons. The first-order valence-corrected chi connectivity index (χ1v) is 13.1. The Morgan fingerprint density at radius 2 is 1.76 bits per heavy atom. The van der Waals surface area contributed by atoms with Gasteiger partial charge in [0.25, 0.3) is 11.8 Å². The summed E-state index contributed by atoms with van der Waals surface area (Å²) in [7, 11) is 0. The van der Waals surface area contributed by atoms with E-state index in [0.717, 1.165) is 16.9 Å². The van der Waals surface area contributed by atoms with Crippen LogP contribution in [0.15, 0.2) is 42.5 Å². The van der Waals surface area contributed by atoms with E-state index in [2.05, 4.69) is 20.8 Å². The van der Waals surface area contributed by atoms with E-state index in [9.17, 15) is 18.8 Å². The fourth-order valence-corrected chi connectivity index (χ4v) is 5.14. The lowest BCUT2D eigenvalue weighted by Crippen LogP contribution is -2.39. The van der Waals surface area contributed by atoms with Gasteiger partial charge in [0.1, 0.15) is 5.82 Å². The molecule has 2 N–H and O–H groups in total. The third-order valence-corrected chi connectivity index (χ3v) is 7.47. The number of amides is 3. The lowest BCUT2D eigenvalue weighted by Gasteiger charge is -2.31. The van der Waals surface area contributed by atoms with E-state index in [4.69, 9.17) is 9.47 Å². The summed E-state index contributed by atoms with van der Waals surface area (Å²) in [6.45, 7) is 2.97. The molecule has 0 aliphatic carbocycles. The summed E-state index contributed by atoms with van der Waals surface area (Å²) in [5.74, 6) is 0.154. The Morgan fingerprint density at radius 1 is 1.05 bits per heavy atom. The summed E-state index contributed by atoms with van der Waals surface area (Å²) in [6.07, 6.45) is 1.72. The number of likely N-dealkylation sites (tertiary alicyclic amines) is 1. The van der Waals surface area contributed by atoms with Crippen molar-refractivity contribution >= 4 is 34.7 Å². The van der Waals surface area contributed by atoms with Crippen LogP contribution in [0, 0.1) is 11.7 Å². The van der Waals surface area contributed by atoms with Crippen molar-refractivity contribution in [2.75, 3.05) is 25.2 Å². The van der Waals surface area contributed by atoms with Crippen LogP contribution < -0.4 is 20.1 Å². The molecule has 1 unspecified atom stereocenters. The van der Waals surface area contributed by atoms with Gasteiger partial charge < -0.3 is 25.0 Å². The van der Waals surface area contributed by atoms with Crippen LogP contribution in [0.2, 0.25) is 0 Å². The van der Waals surface area contributed by atoms with Crippen molar-refractivity contribution in [3.8, 4) is 11.5 Å². The highest BCUT2D eigenvalue weighted by atomic mass is 32.1. The van der Waals surface area contributed by atoms with E-state index in [0.29, 0.717) is 49.5 Å². The predicted octanol–water partition coefficient (Wildman–Crippen LogP) is 3.78. The van der Waals surface area contributed by atoms with Crippen molar-refractivity contribution in [2.45, 2.75) is 32.2 Å². The third-order valence-electron chi connectivity index (χ3n) is 6.56. The quantitative estimate of drug-likeness (QED) is 0.469.